The summed E-state index contributed by atoms with van der Waals surface area (Å²) in [5.74, 6) is 1.34. The molecule has 0 aliphatic carbocycles. The largest absolute Gasteiger partial charge is 0.493 e. The number of halogens is 3. The number of aryl methyl sites for hydroxylation is 1. The number of benzene rings is 3. The van der Waals surface area contributed by atoms with Gasteiger partial charge in [-0.1, -0.05) is 41.4 Å². The van der Waals surface area contributed by atoms with E-state index in [2.05, 4.69) is 27.6 Å². The Balaban J connectivity index is 1.83. The smallest absolute Gasteiger partial charge is 0.174 e. The van der Waals surface area contributed by atoms with Crippen LogP contribution in [0.1, 0.15) is 16.7 Å². The third-order valence-electron chi connectivity index (χ3n) is 4.05. The van der Waals surface area contributed by atoms with Gasteiger partial charge in [-0.2, -0.15) is 0 Å². The van der Waals surface area contributed by atoms with Gasteiger partial charge < -0.3 is 9.47 Å². The second-order valence-electron chi connectivity index (χ2n) is 6.14. The molecule has 0 aliphatic heterocycles. The maximum atomic E-state index is 6.07. The zero-order chi connectivity index (χ0) is 20.1. The van der Waals surface area contributed by atoms with Crippen molar-refractivity contribution in [2.45, 2.75) is 13.5 Å². The number of methoxy groups -OCH3 is 1. The summed E-state index contributed by atoms with van der Waals surface area (Å²) >= 11 is 14.3. The summed E-state index contributed by atoms with van der Waals surface area (Å²) < 4.78 is 12.5. The Morgan fingerprint density at radius 2 is 1.82 bits per heavy atom. The average Bonchev–Trinajstić information content (AvgIpc) is 2.67. The quantitative estimate of drug-likeness (QED) is 0.251. The van der Waals surface area contributed by atoms with Gasteiger partial charge in [-0.05, 0) is 82.6 Å². The minimum atomic E-state index is 0.405. The highest BCUT2D eigenvalue weighted by Gasteiger charge is 2.12. The Hall–Kier alpha value is -1.76. The predicted molar refractivity (Wildman–Crippen MR) is 125 cm³/mol. The van der Waals surface area contributed by atoms with Crippen LogP contribution in [0.15, 0.2) is 59.6 Å². The van der Waals surface area contributed by atoms with Crippen LogP contribution in [0.3, 0.4) is 0 Å². The molecule has 0 heterocycles. The van der Waals surface area contributed by atoms with Crippen LogP contribution in [0.2, 0.25) is 10.0 Å². The van der Waals surface area contributed by atoms with Crippen molar-refractivity contribution < 1.29 is 9.47 Å². The summed E-state index contributed by atoms with van der Waals surface area (Å²) in [7, 11) is 1.62. The van der Waals surface area contributed by atoms with Gasteiger partial charge in [0.25, 0.3) is 0 Å². The number of rotatable bonds is 6. The molecule has 0 saturated heterocycles. The molecule has 144 valence electrons. The molecule has 3 aromatic carbocycles. The third-order valence-corrected chi connectivity index (χ3v) is 5.32. The van der Waals surface area contributed by atoms with Crippen molar-refractivity contribution >= 4 is 57.7 Å². The molecule has 0 aromatic heterocycles. The van der Waals surface area contributed by atoms with E-state index in [0.717, 1.165) is 25.9 Å². The molecule has 0 saturated carbocycles. The van der Waals surface area contributed by atoms with E-state index in [1.54, 1.807) is 13.3 Å². The number of aliphatic imine (C=N–C) groups is 1. The summed E-state index contributed by atoms with van der Waals surface area (Å²) in [5, 5.41) is 1.35. The molecule has 3 nitrogen and oxygen atoms in total. The van der Waals surface area contributed by atoms with Gasteiger partial charge in [0.15, 0.2) is 11.5 Å². The minimum Gasteiger partial charge on any atom is -0.493 e. The van der Waals surface area contributed by atoms with E-state index in [4.69, 9.17) is 32.7 Å². The zero-order valence-electron chi connectivity index (χ0n) is 15.4. The Labute approximate surface area is 188 Å². The van der Waals surface area contributed by atoms with E-state index in [1.165, 1.54) is 0 Å². The van der Waals surface area contributed by atoms with Crippen LogP contribution < -0.4 is 9.47 Å². The third kappa shape index (κ3) is 5.40. The maximum Gasteiger partial charge on any atom is 0.174 e. The lowest BCUT2D eigenvalue weighted by molar-refractivity contribution is 0.282. The van der Waals surface area contributed by atoms with Crippen molar-refractivity contribution in [1.82, 2.24) is 0 Å². The molecule has 28 heavy (non-hydrogen) atoms. The molecule has 0 atom stereocenters. The van der Waals surface area contributed by atoms with Crippen molar-refractivity contribution in [3.05, 3.63) is 84.9 Å². The highest BCUT2D eigenvalue weighted by molar-refractivity contribution is 14.1. The van der Waals surface area contributed by atoms with E-state index < -0.39 is 0 Å². The topological polar surface area (TPSA) is 30.8 Å². The Morgan fingerprint density at radius 3 is 2.57 bits per heavy atom. The first kappa shape index (κ1) is 21.0. The second kappa shape index (κ2) is 9.63. The summed E-state index contributed by atoms with van der Waals surface area (Å²) in [5.41, 5.74) is 3.80. The lowest BCUT2D eigenvalue weighted by Gasteiger charge is -2.14. The molecule has 0 aliphatic rings. The first-order valence-electron chi connectivity index (χ1n) is 8.51. The van der Waals surface area contributed by atoms with Crippen LogP contribution >= 0.6 is 45.8 Å². The van der Waals surface area contributed by atoms with Gasteiger partial charge >= 0.3 is 0 Å². The van der Waals surface area contributed by atoms with E-state index in [9.17, 15) is 0 Å². The average molecular weight is 526 g/mol. The SMILES string of the molecule is COc1cc(C=Nc2cc(Cl)ccc2C)cc(I)c1OCc1cccc(Cl)c1. The molecule has 0 unspecified atom stereocenters. The molecule has 0 bridgehead atoms. The Morgan fingerprint density at radius 1 is 1.04 bits per heavy atom. The van der Waals surface area contributed by atoms with Crippen LogP contribution in [0.4, 0.5) is 5.69 Å². The second-order valence-corrected chi connectivity index (χ2v) is 8.18. The first-order valence-corrected chi connectivity index (χ1v) is 10.3. The number of nitrogens with zero attached hydrogens (tertiary/aromatic N) is 1. The van der Waals surface area contributed by atoms with Gasteiger partial charge in [0.1, 0.15) is 6.61 Å². The highest BCUT2D eigenvalue weighted by atomic mass is 127. The standard InChI is InChI=1S/C22H18Cl2INO2/c1-14-6-7-18(24)11-20(14)26-12-16-9-19(25)22(21(10-16)27-2)28-13-15-4-3-5-17(23)8-15/h3-12H,13H2,1-2H3. The number of ether oxygens (including phenoxy) is 2. The van der Waals surface area contributed by atoms with Gasteiger partial charge in [0, 0.05) is 16.3 Å². The van der Waals surface area contributed by atoms with Crippen LogP contribution in [0.5, 0.6) is 11.5 Å². The number of hydrogen-bond acceptors (Lipinski definition) is 3. The van der Waals surface area contributed by atoms with Gasteiger partial charge in [-0.25, -0.2) is 0 Å². The molecule has 0 radical (unpaired) electrons. The minimum absolute atomic E-state index is 0.405. The van der Waals surface area contributed by atoms with Gasteiger partial charge in [0.05, 0.1) is 16.4 Å². The van der Waals surface area contributed by atoms with Crippen LogP contribution in [0, 0.1) is 10.5 Å². The molecular formula is C22H18Cl2INO2. The van der Waals surface area contributed by atoms with Gasteiger partial charge in [-0.3, -0.25) is 4.99 Å². The molecule has 0 N–H and O–H groups in total. The maximum absolute atomic E-state index is 6.07. The van der Waals surface area contributed by atoms with Crippen molar-refractivity contribution in [3.8, 4) is 11.5 Å². The normalized spacial score (nSPS) is 11.0. The van der Waals surface area contributed by atoms with E-state index in [0.29, 0.717) is 28.2 Å². The van der Waals surface area contributed by atoms with Crippen molar-refractivity contribution in [2.24, 2.45) is 4.99 Å². The Bertz CT molecular complexity index is 1020. The fraction of sp³-hybridized carbons (Fsp3) is 0.136. The predicted octanol–water partition coefficient (Wildman–Crippen LogP) is 7.24. The van der Waals surface area contributed by atoms with Crippen LogP contribution in [-0.2, 0) is 6.61 Å². The lowest BCUT2D eigenvalue weighted by atomic mass is 10.2. The van der Waals surface area contributed by atoms with E-state index >= 15 is 0 Å². The summed E-state index contributed by atoms with van der Waals surface area (Å²) in [6, 6.07) is 17.2. The van der Waals surface area contributed by atoms with Gasteiger partial charge in [0.2, 0.25) is 0 Å². The van der Waals surface area contributed by atoms with Gasteiger partial charge in [-0.15, -0.1) is 0 Å². The van der Waals surface area contributed by atoms with Crippen LogP contribution in [-0.4, -0.2) is 13.3 Å². The monoisotopic (exact) mass is 525 g/mol. The Kier molecular flexibility index (Phi) is 7.21. The fourth-order valence-electron chi connectivity index (χ4n) is 2.60. The van der Waals surface area contributed by atoms with Crippen molar-refractivity contribution in [3.63, 3.8) is 0 Å². The molecule has 0 amide bonds. The molecule has 3 aromatic rings. The number of hydrogen-bond donors (Lipinski definition) is 0. The molecule has 3 rings (SSSR count). The van der Waals surface area contributed by atoms with E-state index in [1.807, 2.05) is 61.5 Å². The molecular weight excluding hydrogens is 508 g/mol. The molecule has 0 fully saturated rings. The summed E-state index contributed by atoms with van der Waals surface area (Å²) in [6.07, 6.45) is 1.80. The highest BCUT2D eigenvalue weighted by Crippen LogP contribution is 2.34. The van der Waals surface area contributed by atoms with E-state index in [-0.39, 0.29) is 0 Å². The van der Waals surface area contributed by atoms with Crippen molar-refractivity contribution in [2.75, 3.05) is 7.11 Å². The zero-order valence-corrected chi connectivity index (χ0v) is 19.0. The first-order chi connectivity index (χ1) is 13.5. The molecule has 6 heteroatoms. The molecule has 0 spiro atoms. The summed E-state index contributed by atoms with van der Waals surface area (Å²) in [6.45, 7) is 2.40. The summed E-state index contributed by atoms with van der Waals surface area (Å²) in [4.78, 5) is 4.56. The lowest BCUT2D eigenvalue weighted by Crippen LogP contribution is -2.00. The van der Waals surface area contributed by atoms with Crippen LogP contribution in [0.25, 0.3) is 0 Å². The van der Waals surface area contributed by atoms with Crippen molar-refractivity contribution in [1.29, 1.82) is 0 Å². The fourth-order valence-corrected chi connectivity index (χ4v) is 3.76.